The van der Waals surface area contributed by atoms with Gasteiger partial charge in [0.05, 0.1) is 19.5 Å². The van der Waals surface area contributed by atoms with Crippen LogP contribution in [0, 0.1) is 0 Å². The molecule has 4 aromatic rings. The van der Waals surface area contributed by atoms with E-state index in [4.69, 9.17) is 23.2 Å². The first kappa shape index (κ1) is 14.8. The number of nitrogens with zero attached hydrogens (tertiary/aromatic N) is 3. The van der Waals surface area contributed by atoms with Crippen LogP contribution in [0.25, 0.3) is 21.7 Å². The molecule has 0 unspecified atom stereocenters. The quantitative estimate of drug-likeness (QED) is 0.532. The van der Waals surface area contributed by atoms with Gasteiger partial charge >= 0.3 is 0 Å². The Kier molecular flexibility index (Phi) is 3.69. The SMILES string of the molecule is O=c1c(=Cc2ccc(Cl)c(Cl)c2)sc2nc(-c3cccs3)nn12. The first-order chi connectivity index (χ1) is 11.1. The van der Waals surface area contributed by atoms with Crippen LogP contribution in [0.15, 0.2) is 40.5 Å². The molecule has 4 rings (SSSR count). The van der Waals surface area contributed by atoms with E-state index in [1.54, 1.807) is 24.3 Å². The first-order valence-corrected chi connectivity index (χ1v) is 8.97. The predicted molar refractivity (Wildman–Crippen MR) is 95.7 cm³/mol. The average molecular weight is 380 g/mol. The molecule has 0 saturated carbocycles. The second kappa shape index (κ2) is 5.72. The Morgan fingerprint density at radius 1 is 1.17 bits per heavy atom. The molecule has 0 bridgehead atoms. The molecule has 23 heavy (non-hydrogen) atoms. The van der Waals surface area contributed by atoms with Crippen LogP contribution in [0.5, 0.6) is 0 Å². The lowest BCUT2D eigenvalue weighted by Crippen LogP contribution is -2.23. The van der Waals surface area contributed by atoms with Gasteiger partial charge < -0.3 is 0 Å². The van der Waals surface area contributed by atoms with Crippen molar-refractivity contribution >= 4 is 56.9 Å². The molecule has 0 radical (unpaired) electrons. The summed E-state index contributed by atoms with van der Waals surface area (Å²) in [4.78, 5) is 18.4. The van der Waals surface area contributed by atoms with E-state index >= 15 is 0 Å². The maximum absolute atomic E-state index is 12.5. The number of fused-ring (bicyclic) bond motifs is 1. The van der Waals surface area contributed by atoms with E-state index in [9.17, 15) is 4.79 Å². The first-order valence-electron chi connectivity index (χ1n) is 6.52. The molecule has 0 saturated heterocycles. The van der Waals surface area contributed by atoms with Crippen molar-refractivity contribution in [3.05, 3.63) is 66.2 Å². The largest absolute Gasteiger partial charge is 0.291 e. The molecule has 0 aliphatic carbocycles. The van der Waals surface area contributed by atoms with Gasteiger partial charge in [0.25, 0.3) is 5.56 Å². The summed E-state index contributed by atoms with van der Waals surface area (Å²) in [6.07, 6.45) is 1.76. The monoisotopic (exact) mass is 379 g/mol. The van der Waals surface area contributed by atoms with Gasteiger partial charge in [-0.3, -0.25) is 4.79 Å². The number of hydrogen-bond donors (Lipinski definition) is 0. The zero-order valence-corrected chi connectivity index (χ0v) is 14.5. The van der Waals surface area contributed by atoms with E-state index in [1.165, 1.54) is 27.2 Å². The lowest BCUT2D eigenvalue weighted by Gasteiger charge is -1.96. The van der Waals surface area contributed by atoms with Crippen LogP contribution in [0.3, 0.4) is 0 Å². The van der Waals surface area contributed by atoms with E-state index in [2.05, 4.69) is 10.1 Å². The fraction of sp³-hybridized carbons (Fsp3) is 0. The van der Waals surface area contributed by atoms with Gasteiger partial charge in [0.1, 0.15) is 0 Å². The molecule has 3 aromatic heterocycles. The van der Waals surface area contributed by atoms with Gasteiger partial charge in [-0.25, -0.2) is 0 Å². The van der Waals surface area contributed by atoms with Crippen molar-refractivity contribution in [1.82, 2.24) is 14.6 Å². The van der Waals surface area contributed by atoms with Crippen molar-refractivity contribution in [3.8, 4) is 10.7 Å². The molecule has 4 nitrogen and oxygen atoms in total. The third-order valence-electron chi connectivity index (χ3n) is 3.16. The van der Waals surface area contributed by atoms with Crippen LogP contribution in [0.1, 0.15) is 5.56 Å². The summed E-state index contributed by atoms with van der Waals surface area (Å²) in [5, 5.41) is 7.18. The van der Waals surface area contributed by atoms with Crippen LogP contribution in [-0.2, 0) is 0 Å². The summed E-state index contributed by atoms with van der Waals surface area (Å²) >= 11 is 14.7. The second-order valence-corrected chi connectivity index (χ2v) is 7.47. The van der Waals surface area contributed by atoms with Crippen LogP contribution in [0.4, 0.5) is 0 Å². The predicted octanol–water partition coefficient (Wildman–Crippen LogP) is 3.73. The molecular formula is C15H7Cl2N3OS2. The fourth-order valence-electron chi connectivity index (χ4n) is 2.10. The second-order valence-electron chi connectivity index (χ2n) is 4.70. The Labute approximate surface area is 148 Å². The molecule has 0 fully saturated rings. The highest BCUT2D eigenvalue weighted by molar-refractivity contribution is 7.15. The number of hydrogen-bond acceptors (Lipinski definition) is 5. The van der Waals surface area contributed by atoms with Gasteiger partial charge in [-0.15, -0.1) is 16.4 Å². The fourth-order valence-corrected chi connectivity index (χ4v) is 3.96. The number of benzene rings is 1. The standard InChI is InChI=1S/C15H7Cl2N3OS2/c16-9-4-3-8(6-10(9)17)7-12-14(21)20-15(23-12)18-13(19-20)11-2-1-5-22-11/h1-7H. The Morgan fingerprint density at radius 2 is 2.04 bits per heavy atom. The minimum Gasteiger partial charge on any atom is -0.266 e. The number of halogens is 2. The minimum absolute atomic E-state index is 0.189. The zero-order valence-electron chi connectivity index (χ0n) is 11.4. The van der Waals surface area contributed by atoms with Crippen molar-refractivity contribution in [2.24, 2.45) is 0 Å². The van der Waals surface area contributed by atoms with E-state index in [0.717, 1.165) is 10.4 Å². The van der Waals surface area contributed by atoms with Gasteiger partial charge in [-0.2, -0.15) is 9.50 Å². The third kappa shape index (κ3) is 2.68. The van der Waals surface area contributed by atoms with Crippen molar-refractivity contribution in [2.45, 2.75) is 0 Å². The number of thiophene rings is 1. The molecule has 0 amide bonds. The highest BCUT2D eigenvalue weighted by Gasteiger charge is 2.12. The van der Waals surface area contributed by atoms with Crippen molar-refractivity contribution in [3.63, 3.8) is 0 Å². The van der Waals surface area contributed by atoms with Crippen LogP contribution < -0.4 is 10.1 Å². The highest BCUT2D eigenvalue weighted by atomic mass is 35.5. The zero-order chi connectivity index (χ0) is 16.0. The maximum atomic E-state index is 12.5. The summed E-state index contributed by atoms with van der Waals surface area (Å²) in [6.45, 7) is 0. The number of rotatable bonds is 2. The van der Waals surface area contributed by atoms with E-state index in [0.29, 0.717) is 25.4 Å². The molecule has 0 aliphatic rings. The normalized spacial score (nSPS) is 12.3. The molecule has 0 aliphatic heterocycles. The maximum Gasteiger partial charge on any atom is 0.291 e. The van der Waals surface area contributed by atoms with Gasteiger partial charge in [0.2, 0.25) is 4.96 Å². The topological polar surface area (TPSA) is 47.3 Å². The van der Waals surface area contributed by atoms with Crippen LogP contribution >= 0.6 is 45.9 Å². The lowest BCUT2D eigenvalue weighted by atomic mass is 10.2. The summed E-state index contributed by atoms with van der Waals surface area (Å²) in [7, 11) is 0. The van der Waals surface area contributed by atoms with Gasteiger partial charge in [0, 0.05) is 0 Å². The van der Waals surface area contributed by atoms with Crippen molar-refractivity contribution in [2.75, 3.05) is 0 Å². The average Bonchev–Trinajstić information content (AvgIpc) is 3.22. The number of thiazole rings is 1. The summed E-state index contributed by atoms with van der Waals surface area (Å²) in [6, 6.07) is 9.08. The third-order valence-corrected chi connectivity index (χ3v) is 5.73. The molecule has 0 atom stereocenters. The summed E-state index contributed by atoms with van der Waals surface area (Å²) in [5.74, 6) is 0.574. The minimum atomic E-state index is -0.189. The molecule has 8 heteroatoms. The molecule has 0 N–H and O–H groups in total. The molecule has 114 valence electrons. The Balaban J connectivity index is 1.84. The Morgan fingerprint density at radius 3 is 2.74 bits per heavy atom. The van der Waals surface area contributed by atoms with Crippen molar-refractivity contribution in [1.29, 1.82) is 0 Å². The molecule has 3 heterocycles. The van der Waals surface area contributed by atoms with E-state index in [-0.39, 0.29) is 5.56 Å². The van der Waals surface area contributed by atoms with Gasteiger partial charge in [-0.05, 0) is 35.2 Å². The van der Waals surface area contributed by atoms with Crippen LogP contribution in [-0.4, -0.2) is 14.6 Å². The smallest absolute Gasteiger partial charge is 0.266 e. The Bertz CT molecular complexity index is 1120. The van der Waals surface area contributed by atoms with E-state index in [1.807, 2.05) is 17.5 Å². The highest BCUT2D eigenvalue weighted by Crippen LogP contribution is 2.23. The molecule has 0 spiro atoms. The molecular weight excluding hydrogens is 373 g/mol. The lowest BCUT2D eigenvalue weighted by molar-refractivity contribution is 0.938. The molecule has 1 aromatic carbocycles. The van der Waals surface area contributed by atoms with Crippen LogP contribution in [0.2, 0.25) is 10.0 Å². The summed E-state index contributed by atoms with van der Waals surface area (Å²) in [5.41, 5.74) is 0.617. The Hall–Kier alpha value is -1.73. The van der Waals surface area contributed by atoms with E-state index < -0.39 is 0 Å². The number of aromatic nitrogens is 3. The van der Waals surface area contributed by atoms with Crippen molar-refractivity contribution < 1.29 is 0 Å². The summed E-state index contributed by atoms with van der Waals surface area (Å²) < 4.78 is 1.89. The van der Waals surface area contributed by atoms with Gasteiger partial charge in [-0.1, -0.05) is 46.7 Å². The van der Waals surface area contributed by atoms with Gasteiger partial charge in [0.15, 0.2) is 5.82 Å².